The van der Waals surface area contributed by atoms with Crippen LogP contribution in [0.4, 0.5) is 13.2 Å². The number of hydrogen-bond donors (Lipinski definition) is 0. The Hall–Kier alpha value is -2.64. The average Bonchev–Trinajstić information content (AvgIpc) is 3.14. The van der Waals surface area contributed by atoms with E-state index in [-0.39, 0.29) is 17.3 Å². The van der Waals surface area contributed by atoms with Crippen molar-refractivity contribution in [1.82, 2.24) is 19.7 Å². The van der Waals surface area contributed by atoms with Gasteiger partial charge in [-0.05, 0) is 25.0 Å². The van der Waals surface area contributed by atoms with Gasteiger partial charge in [-0.1, -0.05) is 5.16 Å². The summed E-state index contributed by atoms with van der Waals surface area (Å²) in [6, 6.07) is 2.03. The maximum Gasteiger partial charge on any atom is 0.230 e. The van der Waals surface area contributed by atoms with Gasteiger partial charge in [-0.3, -0.25) is 0 Å². The van der Waals surface area contributed by atoms with Gasteiger partial charge in [-0.15, -0.1) is 0 Å². The summed E-state index contributed by atoms with van der Waals surface area (Å²) in [6.07, 6.45) is 7.01. The lowest BCUT2D eigenvalue weighted by molar-refractivity contribution is 0.214. The number of imidazole rings is 1. The first kappa shape index (κ1) is 14.0. The summed E-state index contributed by atoms with van der Waals surface area (Å²) in [7, 11) is 0. The molecule has 0 N–H and O–H groups in total. The maximum absolute atomic E-state index is 13.3. The van der Waals surface area contributed by atoms with Crippen LogP contribution < -0.4 is 0 Å². The summed E-state index contributed by atoms with van der Waals surface area (Å²) in [5, 5.41) is 3.73. The van der Waals surface area contributed by atoms with E-state index in [2.05, 4.69) is 15.1 Å². The molecular weight excluding hydrogens is 309 g/mol. The van der Waals surface area contributed by atoms with Gasteiger partial charge in [0.2, 0.25) is 11.7 Å². The van der Waals surface area contributed by atoms with Crippen molar-refractivity contribution < 1.29 is 17.7 Å². The monoisotopic (exact) mass is 320 g/mol. The highest BCUT2D eigenvalue weighted by Crippen LogP contribution is 2.44. The fraction of sp³-hybridized carbons (Fsp3) is 0.267. The molecule has 1 fully saturated rings. The molecule has 4 rings (SSSR count). The molecule has 5 nitrogen and oxygen atoms in total. The minimum Gasteiger partial charge on any atom is -0.339 e. The molecule has 2 aromatic heterocycles. The molecule has 0 spiro atoms. The first-order valence-electron chi connectivity index (χ1n) is 7.08. The zero-order valence-electron chi connectivity index (χ0n) is 11.8. The van der Waals surface area contributed by atoms with Crippen LogP contribution in [0.5, 0.6) is 0 Å². The summed E-state index contributed by atoms with van der Waals surface area (Å²) in [6.45, 7) is 0. The van der Waals surface area contributed by atoms with Crippen LogP contribution in [0.3, 0.4) is 0 Å². The second-order valence-electron chi connectivity index (χ2n) is 5.54. The first-order valence-corrected chi connectivity index (χ1v) is 7.08. The predicted molar refractivity (Wildman–Crippen MR) is 72.8 cm³/mol. The topological polar surface area (TPSA) is 56.7 Å². The van der Waals surface area contributed by atoms with E-state index in [1.54, 1.807) is 12.5 Å². The third-order valence-corrected chi connectivity index (χ3v) is 4.09. The molecule has 0 amide bonds. The third-order valence-electron chi connectivity index (χ3n) is 4.09. The Balaban J connectivity index is 1.52. The fourth-order valence-corrected chi connectivity index (χ4v) is 2.72. The van der Waals surface area contributed by atoms with Crippen LogP contribution in [-0.4, -0.2) is 19.7 Å². The summed E-state index contributed by atoms with van der Waals surface area (Å²) >= 11 is 0. The molecular formula is C15H11F3N4O. The Bertz CT molecular complexity index is 817. The normalized spacial score (nSPS) is 20.5. The number of nitrogens with zero attached hydrogens (tertiary/aromatic N) is 4. The Labute approximate surface area is 128 Å². The fourth-order valence-electron chi connectivity index (χ4n) is 2.72. The maximum atomic E-state index is 13.3. The van der Waals surface area contributed by atoms with Gasteiger partial charge in [0.15, 0.2) is 17.5 Å². The quantitative estimate of drug-likeness (QED) is 0.693. The zero-order chi connectivity index (χ0) is 16.0. The van der Waals surface area contributed by atoms with Crippen molar-refractivity contribution in [3.8, 4) is 11.4 Å². The van der Waals surface area contributed by atoms with E-state index in [0.717, 1.165) is 25.0 Å². The lowest BCUT2D eigenvalue weighted by Crippen LogP contribution is -2.24. The second kappa shape index (κ2) is 5.22. The summed E-state index contributed by atoms with van der Waals surface area (Å²) < 4.78 is 46.7. The molecule has 0 aliphatic heterocycles. The van der Waals surface area contributed by atoms with Crippen molar-refractivity contribution in [3.05, 3.63) is 54.2 Å². The molecule has 0 unspecified atom stereocenters. The highest BCUT2D eigenvalue weighted by molar-refractivity contribution is 5.54. The van der Waals surface area contributed by atoms with E-state index < -0.39 is 17.5 Å². The van der Waals surface area contributed by atoms with Crippen molar-refractivity contribution in [2.24, 2.45) is 0 Å². The van der Waals surface area contributed by atoms with Crippen molar-refractivity contribution in [2.75, 3.05) is 0 Å². The molecule has 1 saturated carbocycles. The van der Waals surface area contributed by atoms with Crippen molar-refractivity contribution in [3.63, 3.8) is 0 Å². The second-order valence-corrected chi connectivity index (χ2v) is 5.54. The predicted octanol–water partition coefficient (Wildman–Crippen LogP) is 3.47. The SMILES string of the molecule is Fc1cc(-c2noc(C3CC(n4ccnc4)C3)n2)cc(F)c1F. The number of benzene rings is 1. The average molecular weight is 320 g/mol. The van der Waals surface area contributed by atoms with Gasteiger partial charge in [0.05, 0.1) is 6.33 Å². The van der Waals surface area contributed by atoms with Gasteiger partial charge in [0, 0.05) is 29.9 Å². The zero-order valence-corrected chi connectivity index (χ0v) is 11.8. The first-order chi connectivity index (χ1) is 11.1. The number of hydrogen-bond acceptors (Lipinski definition) is 4. The molecule has 118 valence electrons. The molecule has 0 saturated heterocycles. The van der Waals surface area contributed by atoms with Crippen LogP contribution in [0.1, 0.15) is 30.7 Å². The van der Waals surface area contributed by atoms with E-state index in [4.69, 9.17) is 4.52 Å². The number of rotatable bonds is 3. The van der Waals surface area contributed by atoms with Crippen LogP contribution in [-0.2, 0) is 0 Å². The van der Waals surface area contributed by atoms with Gasteiger partial charge in [0.25, 0.3) is 0 Å². The van der Waals surface area contributed by atoms with Crippen molar-refractivity contribution >= 4 is 0 Å². The van der Waals surface area contributed by atoms with Crippen LogP contribution in [0.25, 0.3) is 11.4 Å². The molecule has 1 aromatic carbocycles. The number of halogens is 3. The summed E-state index contributed by atoms with van der Waals surface area (Å²) in [4.78, 5) is 8.17. The minimum atomic E-state index is -1.51. The van der Waals surface area contributed by atoms with E-state index in [9.17, 15) is 13.2 Å². The Morgan fingerprint density at radius 1 is 1.13 bits per heavy atom. The van der Waals surface area contributed by atoms with Gasteiger partial charge in [-0.25, -0.2) is 18.2 Å². The minimum absolute atomic E-state index is 0.0434. The molecule has 0 atom stereocenters. The third kappa shape index (κ3) is 2.39. The highest BCUT2D eigenvalue weighted by Gasteiger charge is 2.35. The smallest absolute Gasteiger partial charge is 0.230 e. The van der Waals surface area contributed by atoms with Gasteiger partial charge < -0.3 is 9.09 Å². The van der Waals surface area contributed by atoms with Crippen LogP contribution in [0.15, 0.2) is 35.4 Å². The lowest BCUT2D eigenvalue weighted by atomic mass is 9.80. The van der Waals surface area contributed by atoms with E-state index in [1.807, 2.05) is 10.8 Å². The standard InChI is InChI=1S/C15H11F3N4O/c16-11-5-8(6-12(17)13(11)18)14-20-15(23-21-14)9-3-10(4-9)22-2-1-19-7-22/h1-2,5-7,9-10H,3-4H2. The molecule has 3 aromatic rings. The Kier molecular flexibility index (Phi) is 3.17. The van der Waals surface area contributed by atoms with Crippen LogP contribution in [0, 0.1) is 17.5 Å². The lowest BCUT2D eigenvalue weighted by Gasteiger charge is -2.33. The van der Waals surface area contributed by atoms with Gasteiger partial charge in [-0.2, -0.15) is 4.98 Å². The van der Waals surface area contributed by atoms with E-state index >= 15 is 0 Å². The largest absolute Gasteiger partial charge is 0.339 e. The summed E-state index contributed by atoms with van der Waals surface area (Å²) in [5.41, 5.74) is 0.0434. The van der Waals surface area contributed by atoms with Crippen molar-refractivity contribution in [1.29, 1.82) is 0 Å². The molecule has 0 bridgehead atoms. The Morgan fingerprint density at radius 3 is 2.52 bits per heavy atom. The molecule has 1 aliphatic rings. The molecule has 2 heterocycles. The van der Waals surface area contributed by atoms with Gasteiger partial charge in [0.1, 0.15) is 0 Å². The highest BCUT2D eigenvalue weighted by atomic mass is 19.2. The molecule has 1 aliphatic carbocycles. The molecule has 8 heteroatoms. The van der Waals surface area contributed by atoms with Crippen LogP contribution in [0.2, 0.25) is 0 Å². The molecule has 0 radical (unpaired) electrons. The Morgan fingerprint density at radius 2 is 1.87 bits per heavy atom. The van der Waals surface area contributed by atoms with Crippen LogP contribution >= 0.6 is 0 Å². The van der Waals surface area contributed by atoms with Crippen molar-refractivity contribution in [2.45, 2.75) is 24.8 Å². The van der Waals surface area contributed by atoms with Gasteiger partial charge >= 0.3 is 0 Å². The summed E-state index contributed by atoms with van der Waals surface area (Å²) in [5.74, 6) is -3.52. The number of aromatic nitrogens is 4. The molecule has 23 heavy (non-hydrogen) atoms. The van der Waals surface area contributed by atoms with E-state index in [1.165, 1.54) is 0 Å². The van der Waals surface area contributed by atoms with E-state index in [0.29, 0.717) is 11.9 Å².